The molecular weight excluding hydrogens is 372 g/mol. The summed E-state index contributed by atoms with van der Waals surface area (Å²) < 4.78 is 8.48. The Balaban J connectivity index is 1.36. The molecule has 0 saturated carbocycles. The van der Waals surface area contributed by atoms with E-state index in [1.54, 1.807) is 16.8 Å². The smallest absolute Gasteiger partial charge is 0.266 e. The van der Waals surface area contributed by atoms with Gasteiger partial charge >= 0.3 is 0 Å². The van der Waals surface area contributed by atoms with Gasteiger partial charge in [0.05, 0.1) is 18.3 Å². The second kappa shape index (κ2) is 8.26. The number of hydrogen-bond donors (Lipinski definition) is 0. The predicted molar refractivity (Wildman–Crippen MR) is 106 cm³/mol. The Bertz CT molecular complexity index is 1000. The van der Waals surface area contributed by atoms with Crippen molar-refractivity contribution in [3.8, 4) is 5.82 Å². The van der Waals surface area contributed by atoms with Gasteiger partial charge < -0.3 is 4.52 Å². The van der Waals surface area contributed by atoms with Crippen molar-refractivity contribution < 1.29 is 4.52 Å². The van der Waals surface area contributed by atoms with E-state index >= 15 is 0 Å². The second-order valence-corrected chi connectivity index (χ2v) is 7.42. The molecule has 1 fully saturated rings. The largest absolute Gasteiger partial charge is 0.338 e. The van der Waals surface area contributed by atoms with Crippen molar-refractivity contribution in [2.75, 3.05) is 32.7 Å². The first-order valence-corrected chi connectivity index (χ1v) is 9.86. The fourth-order valence-electron chi connectivity index (χ4n) is 3.70. The molecule has 0 aromatic carbocycles. The summed E-state index contributed by atoms with van der Waals surface area (Å²) in [4.78, 5) is 21.1. The molecule has 10 heteroatoms. The van der Waals surface area contributed by atoms with Gasteiger partial charge in [-0.3, -0.25) is 14.6 Å². The summed E-state index contributed by atoms with van der Waals surface area (Å²) in [5, 5.41) is 12.7. The first kappa shape index (κ1) is 19.5. The van der Waals surface area contributed by atoms with Crippen molar-refractivity contribution in [3.63, 3.8) is 0 Å². The van der Waals surface area contributed by atoms with E-state index in [1.165, 1.54) is 11.0 Å². The molecule has 0 N–H and O–H groups in total. The van der Waals surface area contributed by atoms with Crippen LogP contribution in [0.4, 0.5) is 0 Å². The van der Waals surface area contributed by atoms with Gasteiger partial charge in [0.2, 0.25) is 5.89 Å². The van der Waals surface area contributed by atoms with Crippen LogP contribution in [-0.2, 0) is 6.54 Å². The quantitative estimate of drug-likeness (QED) is 0.602. The number of hydrogen-bond acceptors (Lipinski definition) is 8. The molecule has 0 spiro atoms. The van der Waals surface area contributed by atoms with Crippen LogP contribution in [0.15, 0.2) is 33.8 Å². The van der Waals surface area contributed by atoms with E-state index in [1.807, 2.05) is 19.9 Å². The Hall–Kier alpha value is -2.85. The molecule has 1 atom stereocenters. The summed E-state index contributed by atoms with van der Waals surface area (Å²) >= 11 is 0. The zero-order chi connectivity index (χ0) is 20.4. The molecule has 0 radical (unpaired) electrons. The van der Waals surface area contributed by atoms with Crippen molar-refractivity contribution in [1.82, 2.24) is 39.5 Å². The second-order valence-electron chi connectivity index (χ2n) is 7.42. The molecule has 1 unspecified atom stereocenters. The van der Waals surface area contributed by atoms with Crippen LogP contribution in [0.1, 0.15) is 30.2 Å². The number of rotatable bonds is 6. The number of nitrogens with zero attached hydrogens (tertiary/aromatic N) is 8. The fraction of sp³-hybridized carbons (Fsp3) is 0.526. The van der Waals surface area contributed by atoms with E-state index in [-0.39, 0.29) is 11.6 Å². The van der Waals surface area contributed by atoms with Crippen LogP contribution < -0.4 is 5.56 Å². The van der Waals surface area contributed by atoms with Crippen LogP contribution in [0.25, 0.3) is 5.82 Å². The number of piperazine rings is 1. The van der Waals surface area contributed by atoms with Gasteiger partial charge in [-0.25, -0.2) is 9.36 Å². The van der Waals surface area contributed by atoms with Crippen molar-refractivity contribution in [1.29, 1.82) is 0 Å². The van der Waals surface area contributed by atoms with Crippen LogP contribution in [-0.4, -0.2) is 72.2 Å². The maximum absolute atomic E-state index is 12.3. The van der Waals surface area contributed by atoms with Crippen molar-refractivity contribution >= 4 is 0 Å². The van der Waals surface area contributed by atoms with E-state index in [4.69, 9.17) is 4.52 Å². The standard InChI is InChI=1S/C19H26N8O2/c1-14-12-15(2)27(22-14)17-4-5-18(28)26(23-17)11-8-24-6-9-25(10-7-24)16(3)19-20-13-21-29-19/h4-5,12-13,16H,6-11H2,1-3H3. The molecule has 1 aliphatic heterocycles. The minimum atomic E-state index is -0.0982. The third-order valence-electron chi connectivity index (χ3n) is 5.40. The van der Waals surface area contributed by atoms with Gasteiger partial charge in [-0.2, -0.15) is 10.1 Å². The van der Waals surface area contributed by atoms with Gasteiger partial charge in [-0.15, -0.1) is 5.10 Å². The highest BCUT2D eigenvalue weighted by Gasteiger charge is 2.24. The first-order chi connectivity index (χ1) is 14.0. The normalized spacial score (nSPS) is 16.9. The van der Waals surface area contributed by atoms with Gasteiger partial charge in [0.25, 0.3) is 5.56 Å². The maximum Gasteiger partial charge on any atom is 0.266 e. The molecule has 10 nitrogen and oxygen atoms in total. The van der Waals surface area contributed by atoms with Gasteiger partial charge in [-0.1, -0.05) is 5.16 Å². The number of aromatic nitrogens is 6. The van der Waals surface area contributed by atoms with Crippen LogP contribution in [0.2, 0.25) is 0 Å². The SMILES string of the molecule is Cc1cc(C)n(-c2ccc(=O)n(CCN3CCN(C(C)c4ncno4)CC3)n2)n1. The summed E-state index contributed by atoms with van der Waals surface area (Å²) in [6.07, 6.45) is 1.44. The highest BCUT2D eigenvalue weighted by atomic mass is 16.5. The average molecular weight is 398 g/mol. The molecule has 3 aromatic heterocycles. The zero-order valence-corrected chi connectivity index (χ0v) is 17.0. The number of aryl methyl sites for hydroxylation is 2. The lowest BCUT2D eigenvalue weighted by molar-refractivity contribution is 0.0856. The molecule has 0 bridgehead atoms. The molecule has 1 aliphatic rings. The predicted octanol–water partition coefficient (Wildman–Crippen LogP) is 0.808. The summed E-state index contributed by atoms with van der Waals surface area (Å²) in [6, 6.07) is 5.38. The van der Waals surface area contributed by atoms with E-state index < -0.39 is 0 Å². The highest BCUT2D eigenvalue weighted by Crippen LogP contribution is 2.19. The van der Waals surface area contributed by atoms with Crippen LogP contribution >= 0.6 is 0 Å². The lowest BCUT2D eigenvalue weighted by atomic mass is 10.2. The Labute approximate surface area is 168 Å². The monoisotopic (exact) mass is 398 g/mol. The molecule has 0 amide bonds. The summed E-state index contributed by atoms with van der Waals surface area (Å²) in [5.41, 5.74) is 1.82. The molecule has 0 aliphatic carbocycles. The average Bonchev–Trinajstić information content (AvgIpc) is 3.37. The highest BCUT2D eigenvalue weighted by molar-refractivity contribution is 5.23. The molecule has 29 heavy (non-hydrogen) atoms. The van der Waals surface area contributed by atoms with Crippen molar-refractivity contribution in [2.45, 2.75) is 33.4 Å². The van der Waals surface area contributed by atoms with Gasteiger partial charge in [0, 0.05) is 44.5 Å². The van der Waals surface area contributed by atoms with Gasteiger partial charge in [0.1, 0.15) is 0 Å². The molecule has 4 rings (SSSR count). The van der Waals surface area contributed by atoms with Crippen LogP contribution in [0.5, 0.6) is 0 Å². The van der Waals surface area contributed by atoms with Gasteiger partial charge in [0.15, 0.2) is 12.1 Å². The van der Waals surface area contributed by atoms with E-state index in [0.29, 0.717) is 18.3 Å². The Morgan fingerprint density at radius 3 is 2.55 bits per heavy atom. The Morgan fingerprint density at radius 1 is 1.10 bits per heavy atom. The van der Waals surface area contributed by atoms with Gasteiger partial charge in [-0.05, 0) is 32.9 Å². The summed E-state index contributed by atoms with van der Waals surface area (Å²) in [5.74, 6) is 1.31. The summed E-state index contributed by atoms with van der Waals surface area (Å²) in [7, 11) is 0. The zero-order valence-electron chi connectivity index (χ0n) is 17.0. The molecular formula is C19H26N8O2. The fourth-order valence-corrected chi connectivity index (χ4v) is 3.70. The minimum absolute atomic E-state index is 0.0982. The lowest BCUT2D eigenvalue weighted by Gasteiger charge is -2.36. The molecule has 1 saturated heterocycles. The molecule has 4 heterocycles. The third-order valence-corrected chi connectivity index (χ3v) is 5.40. The topological polar surface area (TPSA) is 98.1 Å². The first-order valence-electron chi connectivity index (χ1n) is 9.86. The summed E-state index contributed by atoms with van der Waals surface area (Å²) in [6.45, 7) is 11.0. The Morgan fingerprint density at radius 2 is 1.90 bits per heavy atom. The van der Waals surface area contributed by atoms with E-state index in [2.05, 4.69) is 37.1 Å². The molecule has 154 valence electrons. The van der Waals surface area contributed by atoms with Crippen molar-refractivity contribution in [2.24, 2.45) is 0 Å². The molecule has 3 aromatic rings. The maximum atomic E-state index is 12.3. The lowest BCUT2D eigenvalue weighted by Crippen LogP contribution is -2.48. The Kier molecular flexibility index (Phi) is 5.54. The van der Waals surface area contributed by atoms with E-state index in [9.17, 15) is 4.79 Å². The third kappa shape index (κ3) is 4.28. The van der Waals surface area contributed by atoms with Crippen LogP contribution in [0.3, 0.4) is 0 Å². The van der Waals surface area contributed by atoms with Crippen molar-refractivity contribution in [3.05, 3.63) is 52.2 Å². The van der Waals surface area contributed by atoms with E-state index in [0.717, 1.165) is 44.1 Å². The van der Waals surface area contributed by atoms with Crippen LogP contribution in [0, 0.1) is 13.8 Å². The minimum Gasteiger partial charge on any atom is -0.338 e.